The molecule has 1 heterocycles. The van der Waals surface area contributed by atoms with Crippen LogP contribution in [0.1, 0.15) is 27.1 Å². The lowest BCUT2D eigenvalue weighted by Gasteiger charge is -2.24. The van der Waals surface area contributed by atoms with Gasteiger partial charge in [-0.15, -0.1) is 0 Å². The summed E-state index contributed by atoms with van der Waals surface area (Å²) in [6.45, 7) is 1.55. The fraction of sp³-hybridized carbons (Fsp3) is 0.263. The molecule has 0 radical (unpaired) electrons. The first kappa shape index (κ1) is 15.4. The second kappa shape index (κ2) is 6.75. The molecule has 4 heteroatoms. The van der Waals surface area contributed by atoms with Gasteiger partial charge >= 0.3 is 0 Å². The first-order valence-electron chi connectivity index (χ1n) is 7.93. The van der Waals surface area contributed by atoms with Crippen LogP contribution in [0.3, 0.4) is 0 Å². The molecule has 1 aliphatic heterocycles. The van der Waals surface area contributed by atoms with E-state index in [4.69, 9.17) is 0 Å². The summed E-state index contributed by atoms with van der Waals surface area (Å²) in [5.41, 5.74) is 1.39. The highest BCUT2D eigenvalue weighted by Gasteiger charge is 2.38. The number of nitrogens with zero attached hydrogens (tertiary/aromatic N) is 1. The van der Waals surface area contributed by atoms with Gasteiger partial charge < -0.3 is 4.90 Å². The fourth-order valence-electron chi connectivity index (χ4n) is 3.08. The lowest BCUT2D eigenvalue weighted by Crippen LogP contribution is -3.11. The van der Waals surface area contributed by atoms with Crippen LogP contribution in [-0.4, -0.2) is 42.9 Å². The van der Waals surface area contributed by atoms with E-state index in [9.17, 15) is 9.59 Å². The Morgan fingerprint density at radius 3 is 2.17 bits per heavy atom. The largest absolute Gasteiger partial charge is 0.316 e. The number of rotatable bonds is 4. The zero-order chi connectivity index (χ0) is 16.2. The second-order valence-electron chi connectivity index (χ2n) is 5.97. The van der Waals surface area contributed by atoms with Gasteiger partial charge in [-0.1, -0.05) is 48.5 Å². The van der Waals surface area contributed by atoms with Gasteiger partial charge in [-0.3, -0.25) is 14.5 Å². The molecule has 0 bridgehead atoms. The topological polar surface area (TPSA) is 41.8 Å². The van der Waals surface area contributed by atoms with E-state index in [1.165, 1.54) is 4.90 Å². The molecule has 2 unspecified atom stereocenters. The highest BCUT2D eigenvalue weighted by molar-refractivity contribution is 5.98. The molecule has 0 saturated carbocycles. The molecular formula is C19H21N2O2+. The zero-order valence-electron chi connectivity index (χ0n) is 13.2. The minimum atomic E-state index is -0.101. The Balaban J connectivity index is 1.76. The average Bonchev–Trinajstić information content (AvgIpc) is 2.96. The van der Waals surface area contributed by atoms with Gasteiger partial charge in [-0.05, 0) is 12.1 Å². The molecule has 118 valence electrons. The summed E-state index contributed by atoms with van der Waals surface area (Å²) in [6, 6.07) is 18.6. The smallest absolute Gasteiger partial charge is 0.258 e. The number of carbonyl (C=O) groups excluding carboxylic acids is 2. The Hall–Kier alpha value is -2.46. The van der Waals surface area contributed by atoms with Gasteiger partial charge in [0.2, 0.25) is 0 Å². The molecule has 23 heavy (non-hydrogen) atoms. The Kier molecular flexibility index (Phi) is 4.53. The Bertz CT molecular complexity index is 685. The van der Waals surface area contributed by atoms with Gasteiger partial charge in [0.15, 0.2) is 11.9 Å². The number of carbonyl (C=O) groups is 2. The Morgan fingerprint density at radius 2 is 1.57 bits per heavy atom. The number of likely N-dealkylation sites (N-methyl/N-ethyl adjacent to an activating group) is 1. The van der Waals surface area contributed by atoms with Crippen molar-refractivity contribution in [1.82, 2.24) is 4.90 Å². The summed E-state index contributed by atoms with van der Waals surface area (Å²) in [5, 5.41) is 0. The molecule has 0 spiro atoms. The van der Waals surface area contributed by atoms with Gasteiger partial charge in [-0.2, -0.15) is 0 Å². The fourth-order valence-corrected chi connectivity index (χ4v) is 3.08. The van der Waals surface area contributed by atoms with Crippen LogP contribution in [0.5, 0.6) is 0 Å². The van der Waals surface area contributed by atoms with Crippen molar-refractivity contribution in [2.45, 2.75) is 12.6 Å². The third kappa shape index (κ3) is 3.32. The van der Waals surface area contributed by atoms with Crippen LogP contribution >= 0.6 is 0 Å². The van der Waals surface area contributed by atoms with Crippen LogP contribution < -0.4 is 4.90 Å². The predicted octanol–water partition coefficient (Wildman–Crippen LogP) is 1.26. The number of quaternary nitrogens is 1. The zero-order valence-corrected chi connectivity index (χ0v) is 13.2. The number of hydrogen-bond donors (Lipinski definition) is 1. The third-order valence-corrected chi connectivity index (χ3v) is 4.45. The van der Waals surface area contributed by atoms with Crippen LogP contribution in [-0.2, 0) is 0 Å². The molecule has 0 aliphatic carbocycles. The molecule has 4 nitrogen and oxygen atoms in total. The Morgan fingerprint density at radius 1 is 1.00 bits per heavy atom. The highest BCUT2D eigenvalue weighted by Crippen LogP contribution is 2.13. The van der Waals surface area contributed by atoms with E-state index in [1.807, 2.05) is 72.6 Å². The quantitative estimate of drug-likeness (QED) is 0.864. The lowest BCUT2D eigenvalue weighted by atomic mass is 10.1. The molecule has 2 aromatic rings. The van der Waals surface area contributed by atoms with Crippen LogP contribution in [0.15, 0.2) is 60.7 Å². The molecule has 2 atom stereocenters. The summed E-state index contributed by atoms with van der Waals surface area (Å²) < 4.78 is 0. The summed E-state index contributed by atoms with van der Waals surface area (Å²) in [4.78, 5) is 28.3. The van der Waals surface area contributed by atoms with Crippen molar-refractivity contribution < 1.29 is 14.5 Å². The van der Waals surface area contributed by atoms with Crippen molar-refractivity contribution in [3.63, 3.8) is 0 Å². The standard InChI is InChI=1S/C19H20N2O2/c1-20-12-13-21(19(23)16-10-6-3-7-11-16)18(20)14-17(22)15-8-4-2-5-9-15/h2-11,18H,12-14H2,1H3/p+1. The molecule has 3 rings (SSSR count). The molecule has 1 N–H and O–H groups in total. The first-order chi connectivity index (χ1) is 11.2. The number of nitrogens with one attached hydrogen (secondary N) is 1. The van der Waals surface area contributed by atoms with Crippen LogP contribution in [0, 0.1) is 0 Å². The van der Waals surface area contributed by atoms with Gasteiger partial charge in [0.05, 0.1) is 26.6 Å². The first-order valence-corrected chi connectivity index (χ1v) is 7.93. The SMILES string of the molecule is C[NH+]1CCN(C(=O)c2ccccc2)C1CC(=O)c1ccccc1. The third-order valence-electron chi connectivity index (χ3n) is 4.45. The summed E-state index contributed by atoms with van der Waals surface area (Å²) in [6.07, 6.45) is 0.254. The maximum atomic E-state index is 12.7. The van der Waals surface area contributed by atoms with E-state index < -0.39 is 0 Å². The highest BCUT2D eigenvalue weighted by atomic mass is 16.2. The van der Waals surface area contributed by atoms with E-state index >= 15 is 0 Å². The van der Waals surface area contributed by atoms with Crippen molar-refractivity contribution in [3.05, 3.63) is 71.8 Å². The summed E-state index contributed by atoms with van der Waals surface area (Å²) in [7, 11) is 2.04. The van der Waals surface area contributed by atoms with Gasteiger partial charge in [0, 0.05) is 11.1 Å². The minimum Gasteiger partial charge on any atom is -0.316 e. The number of hydrogen-bond acceptors (Lipinski definition) is 2. The van der Waals surface area contributed by atoms with Crippen LogP contribution in [0.2, 0.25) is 0 Å². The van der Waals surface area contributed by atoms with E-state index in [1.54, 1.807) is 0 Å². The number of benzene rings is 2. The average molecular weight is 309 g/mol. The number of amides is 1. The van der Waals surface area contributed by atoms with Crippen molar-refractivity contribution in [2.24, 2.45) is 0 Å². The summed E-state index contributed by atoms with van der Waals surface area (Å²) in [5.74, 6) is 0.0935. The minimum absolute atomic E-state index is 0.00770. The van der Waals surface area contributed by atoms with E-state index in [0.717, 1.165) is 6.54 Å². The molecule has 2 aromatic carbocycles. The van der Waals surface area contributed by atoms with Gasteiger partial charge in [0.25, 0.3) is 5.91 Å². The Labute approximate surface area is 136 Å². The molecular weight excluding hydrogens is 288 g/mol. The molecule has 1 saturated heterocycles. The molecule has 1 fully saturated rings. The van der Waals surface area contributed by atoms with Gasteiger partial charge in [0.1, 0.15) is 0 Å². The maximum Gasteiger partial charge on any atom is 0.258 e. The predicted molar refractivity (Wildman–Crippen MR) is 88.4 cm³/mol. The van der Waals surface area contributed by atoms with Crippen LogP contribution in [0.4, 0.5) is 0 Å². The second-order valence-corrected chi connectivity index (χ2v) is 5.97. The van der Waals surface area contributed by atoms with Crippen molar-refractivity contribution in [2.75, 3.05) is 20.1 Å². The van der Waals surface area contributed by atoms with Crippen LogP contribution in [0.25, 0.3) is 0 Å². The molecule has 0 aromatic heterocycles. The normalized spacial score (nSPS) is 20.5. The van der Waals surface area contributed by atoms with Gasteiger partial charge in [-0.25, -0.2) is 0 Å². The summed E-state index contributed by atoms with van der Waals surface area (Å²) >= 11 is 0. The van der Waals surface area contributed by atoms with Crippen molar-refractivity contribution >= 4 is 11.7 Å². The number of ketones is 1. The monoisotopic (exact) mass is 309 g/mol. The van der Waals surface area contributed by atoms with Crippen molar-refractivity contribution in [3.8, 4) is 0 Å². The maximum absolute atomic E-state index is 12.7. The van der Waals surface area contributed by atoms with E-state index in [2.05, 4.69) is 0 Å². The number of Topliss-reactive ketones (excluding diaryl/α,β-unsaturated/α-hetero) is 1. The molecule has 1 aliphatic rings. The van der Waals surface area contributed by atoms with Crippen molar-refractivity contribution in [1.29, 1.82) is 0 Å². The van der Waals surface area contributed by atoms with E-state index in [-0.39, 0.29) is 17.9 Å². The van der Waals surface area contributed by atoms with E-state index in [0.29, 0.717) is 24.1 Å². The lowest BCUT2D eigenvalue weighted by molar-refractivity contribution is -0.896. The molecule has 1 amide bonds.